The lowest BCUT2D eigenvalue weighted by molar-refractivity contribution is -0.127. The number of carbonyl (C=O) groups is 1. The van der Waals surface area contributed by atoms with Crippen LogP contribution in [0.5, 0.6) is 0 Å². The number of aryl methyl sites for hydroxylation is 2. The molecular formula is C20H27F2N7O. The molecule has 0 bridgehead atoms. The van der Waals surface area contributed by atoms with Crippen LogP contribution in [0, 0.1) is 13.8 Å². The molecule has 1 aliphatic carbocycles. The van der Waals surface area contributed by atoms with E-state index >= 15 is 0 Å². The minimum absolute atomic E-state index is 0.0188. The summed E-state index contributed by atoms with van der Waals surface area (Å²) in [5.41, 5.74) is 1.72. The molecule has 2 fully saturated rings. The average molecular weight is 419 g/mol. The lowest BCUT2D eigenvalue weighted by atomic mass is 9.92. The van der Waals surface area contributed by atoms with Gasteiger partial charge in [-0.3, -0.25) is 4.79 Å². The third-order valence-electron chi connectivity index (χ3n) is 5.73. The van der Waals surface area contributed by atoms with Gasteiger partial charge in [0.2, 0.25) is 11.8 Å². The number of nitrogens with zero attached hydrogens (tertiary/aromatic N) is 5. The average Bonchev–Trinajstić information content (AvgIpc) is 3.19. The maximum atomic E-state index is 13.5. The summed E-state index contributed by atoms with van der Waals surface area (Å²) in [5, 5.41) is 10.9. The summed E-state index contributed by atoms with van der Waals surface area (Å²) in [5.74, 6) is -1.16. The molecule has 1 saturated heterocycles. The van der Waals surface area contributed by atoms with Crippen molar-refractivity contribution < 1.29 is 13.6 Å². The second-order valence-corrected chi connectivity index (χ2v) is 8.30. The fourth-order valence-corrected chi connectivity index (χ4v) is 4.04. The summed E-state index contributed by atoms with van der Waals surface area (Å²) in [6.45, 7) is 4.49. The topological polar surface area (TPSA) is 88.0 Å². The van der Waals surface area contributed by atoms with E-state index in [9.17, 15) is 13.6 Å². The Balaban J connectivity index is 1.61. The molecule has 1 saturated carbocycles. The van der Waals surface area contributed by atoms with Crippen LogP contribution >= 0.6 is 0 Å². The Hall–Kier alpha value is -2.78. The molecule has 1 aliphatic heterocycles. The number of nitrogens with one attached hydrogen (secondary N) is 2. The van der Waals surface area contributed by atoms with E-state index < -0.39 is 5.92 Å². The van der Waals surface area contributed by atoms with E-state index in [-0.39, 0.29) is 30.8 Å². The Morgan fingerprint density at radius 1 is 1.07 bits per heavy atom. The number of hydrogen-bond donors (Lipinski definition) is 2. The zero-order chi connectivity index (χ0) is 21.5. The molecule has 0 spiro atoms. The van der Waals surface area contributed by atoms with Crippen LogP contribution in [0.4, 0.5) is 20.4 Å². The molecule has 1 amide bonds. The van der Waals surface area contributed by atoms with Crippen LogP contribution in [0.3, 0.4) is 0 Å². The monoisotopic (exact) mass is 419 g/mol. The predicted octanol–water partition coefficient (Wildman–Crippen LogP) is 2.91. The van der Waals surface area contributed by atoms with E-state index in [2.05, 4.69) is 25.7 Å². The zero-order valence-corrected chi connectivity index (χ0v) is 17.5. The van der Waals surface area contributed by atoms with E-state index in [4.69, 9.17) is 0 Å². The van der Waals surface area contributed by atoms with Gasteiger partial charge in [0.1, 0.15) is 17.7 Å². The van der Waals surface area contributed by atoms with Crippen LogP contribution in [-0.4, -0.2) is 62.2 Å². The molecule has 0 aromatic carbocycles. The minimum atomic E-state index is -2.58. The van der Waals surface area contributed by atoms with Crippen molar-refractivity contribution in [2.24, 2.45) is 0 Å². The van der Waals surface area contributed by atoms with Crippen molar-refractivity contribution in [1.29, 1.82) is 0 Å². The summed E-state index contributed by atoms with van der Waals surface area (Å²) in [7, 11) is 1.77. The van der Waals surface area contributed by atoms with Crippen molar-refractivity contribution >= 4 is 17.5 Å². The van der Waals surface area contributed by atoms with E-state index in [0.717, 1.165) is 11.4 Å². The van der Waals surface area contributed by atoms with E-state index in [1.807, 2.05) is 19.9 Å². The van der Waals surface area contributed by atoms with Crippen molar-refractivity contribution in [3.8, 4) is 5.95 Å². The number of aromatic nitrogens is 4. The third-order valence-corrected chi connectivity index (χ3v) is 5.73. The van der Waals surface area contributed by atoms with Crippen molar-refractivity contribution in [2.45, 2.75) is 64.0 Å². The number of likely N-dealkylation sites (N-methyl/N-ethyl adjacent to an activating group) is 1. The Bertz CT molecular complexity index is 935. The van der Waals surface area contributed by atoms with Gasteiger partial charge in [-0.1, -0.05) is 0 Å². The molecule has 162 valence electrons. The Morgan fingerprint density at radius 2 is 1.73 bits per heavy atom. The SMILES string of the molecule is Cc1cc(C)n(-c2nc(NC3CCC(F)(F)CC3)cc(NC3CCN(C)C3=O)n2)n1. The first kappa shape index (κ1) is 20.5. The van der Waals surface area contributed by atoms with Gasteiger partial charge in [-0.05, 0) is 39.2 Å². The number of hydrogen-bond acceptors (Lipinski definition) is 6. The van der Waals surface area contributed by atoms with Gasteiger partial charge in [-0.25, -0.2) is 13.5 Å². The smallest absolute Gasteiger partial charge is 0.254 e. The fourth-order valence-electron chi connectivity index (χ4n) is 4.04. The summed E-state index contributed by atoms with van der Waals surface area (Å²) in [6.07, 6.45) is 1.18. The van der Waals surface area contributed by atoms with Gasteiger partial charge >= 0.3 is 0 Å². The maximum absolute atomic E-state index is 13.5. The normalized spacial score (nSPS) is 21.8. The van der Waals surface area contributed by atoms with E-state index in [1.54, 1.807) is 22.7 Å². The van der Waals surface area contributed by atoms with Gasteiger partial charge in [0.05, 0.1) is 5.69 Å². The number of alkyl halides is 2. The number of anilines is 2. The quantitative estimate of drug-likeness (QED) is 0.775. The van der Waals surface area contributed by atoms with Crippen LogP contribution in [0.25, 0.3) is 5.95 Å². The minimum Gasteiger partial charge on any atom is -0.367 e. The highest BCUT2D eigenvalue weighted by Gasteiger charge is 2.35. The zero-order valence-electron chi connectivity index (χ0n) is 17.5. The lowest BCUT2D eigenvalue weighted by Crippen LogP contribution is -2.33. The molecule has 2 aromatic rings. The second kappa shape index (κ2) is 7.81. The molecule has 3 heterocycles. The first-order valence-electron chi connectivity index (χ1n) is 10.3. The fraction of sp³-hybridized carbons (Fsp3) is 0.600. The summed E-state index contributed by atoms with van der Waals surface area (Å²) in [4.78, 5) is 23.1. The highest BCUT2D eigenvalue weighted by molar-refractivity contribution is 5.86. The van der Waals surface area contributed by atoms with Gasteiger partial charge in [-0.15, -0.1) is 0 Å². The molecule has 8 nitrogen and oxygen atoms in total. The lowest BCUT2D eigenvalue weighted by Gasteiger charge is -2.29. The highest BCUT2D eigenvalue weighted by Crippen LogP contribution is 2.34. The van der Waals surface area contributed by atoms with Gasteiger partial charge in [0, 0.05) is 44.2 Å². The second-order valence-electron chi connectivity index (χ2n) is 8.30. The molecule has 10 heteroatoms. The first-order chi connectivity index (χ1) is 14.2. The van der Waals surface area contributed by atoms with Crippen LogP contribution in [0.2, 0.25) is 0 Å². The van der Waals surface area contributed by atoms with Crippen LogP contribution < -0.4 is 10.6 Å². The Labute approximate surface area is 174 Å². The Kier molecular flexibility index (Phi) is 5.33. The molecular weight excluding hydrogens is 392 g/mol. The number of rotatable bonds is 5. The number of amides is 1. The molecule has 2 aliphatic rings. The molecule has 2 aromatic heterocycles. The molecule has 4 rings (SSSR count). The summed E-state index contributed by atoms with van der Waals surface area (Å²) >= 11 is 0. The van der Waals surface area contributed by atoms with Crippen molar-refractivity contribution in [1.82, 2.24) is 24.6 Å². The molecule has 2 N–H and O–H groups in total. The van der Waals surface area contributed by atoms with E-state index in [1.165, 1.54) is 0 Å². The van der Waals surface area contributed by atoms with Crippen LogP contribution in [-0.2, 0) is 4.79 Å². The standard InChI is InChI=1S/C20H27F2N7O/c1-12-10-13(2)29(27-12)19-25-16(23-14-4-7-20(21,22)8-5-14)11-17(26-19)24-15-6-9-28(3)18(15)30/h10-11,14-15H,4-9H2,1-3H3,(H2,23,24,25,26). The van der Waals surface area contributed by atoms with E-state index in [0.29, 0.717) is 43.4 Å². The van der Waals surface area contributed by atoms with Crippen molar-refractivity contribution in [2.75, 3.05) is 24.2 Å². The van der Waals surface area contributed by atoms with Crippen molar-refractivity contribution in [3.05, 3.63) is 23.5 Å². The van der Waals surface area contributed by atoms with Gasteiger partial charge < -0.3 is 15.5 Å². The summed E-state index contributed by atoms with van der Waals surface area (Å²) in [6, 6.07) is 3.22. The Morgan fingerprint density at radius 3 is 2.30 bits per heavy atom. The number of carbonyl (C=O) groups excluding carboxylic acids is 1. The van der Waals surface area contributed by atoms with Crippen LogP contribution in [0.15, 0.2) is 12.1 Å². The number of halogens is 2. The first-order valence-corrected chi connectivity index (χ1v) is 10.3. The highest BCUT2D eigenvalue weighted by atomic mass is 19.3. The van der Waals surface area contributed by atoms with Crippen molar-refractivity contribution in [3.63, 3.8) is 0 Å². The number of likely N-dealkylation sites (tertiary alicyclic amines) is 1. The molecule has 1 atom stereocenters. The maximum Gasteiger partial charge on any atom is 0.254 e. The van der Waals surface area contributed by atoms with Gasteiger partial charge in [0.15, 0.2) is 0 Å². The largest absolute Gasteiger partial charge is 0.367 e. The molecule has 30 heavy (non-hydrogen) atoms. The van der Waals surface area contributed by atoms with Crippen LogP contribution in [0.1, 0.15) is 43.5 Å². The van der Waals surface area contributed by atoms with Gasteiger partial charge in [-0.2, -0.15) is 15.1 Å². The third kappa shape index (κ3) is 4.36. The summed E-state index contributed by atoms with van der Waals surface area (Å²) < 4.78 is 28.6. The molecule has 1 unspecified atom stereocenters. The predicted molar refractivity (Wildman–Crippen MR) is 109 cm³/mol. The molecule has 0 radical (unpaired) electrons. The van der Waals surface area contributed by atoms with Gasteiger partial charge in [0.25, 0.3) is 5.95 Å².